The lowest BCUT2D eigenvalue weighted by Gasteiger charge is -2.34. The van der Waals surface area contributed by atoms with Crippen molar-refractivity contribution in [2.45, 2.75) is 32.7 Å². The standard InChI is InChI=1S/C13H22N4O2/c1-10(2)17-11(3-6-15-17)16-12(18)13(9-14)4-7-19-8-5-13/h3,6,10H,4-5,7-9,14H2,1-2H3,(H,16,18). The number of carbonyl (C=O) groups is 1. The Hall–Kier alpha value is -1.40. The first-order valence-corrected chi connectivity index (χ1v) is 6.72. The summed E-state index contributed by atoms with van der Waals surface area (Å²) in [5.74, 6) is 0.694. The summed E-state index contributed by atoms with van der Waals surface area (Å²) in [4.78, 5) is 12.5. The lowest BCUT2D eigenvalue weighted by Crippen LogP contribution is -2.46. The van der Waals surface area contributed by atoms with Gasteiger partial charge in [0.25, 0.3) is 0 Å². The van der Waals surface area contributed by atoms with E-state index in [1.165, 1.54) is 0 Å². The van der Waals surface area contributed by atoms with Gasteiger partial charge < -0.3 is 15.8 Å². The van der Waals surface area contributed by atoms with Gasteiger partial charge in [-0.3, -0.25) is 4.79 Å². The van der Waals surface area contributed by atoms with Crippen LogP contribution in [0.5, 0.6) is 0 Å². The Morgan fingerprint density at radius 1 is 1.58 bits per heavy atom. The van der Waals surface area contributed by atoms with Crippen LogP contribution in [0, 0.1) is 5.41 Å². The van der Waals surface area contributed by atoms with Crippen molar-refractivity contribution in [1.82, 2.24) is 9.78 Å². The molecule has 106 valence electrons. The Kier molecular flexibility index (Phi) is 4.21. The number of aromatic nitrogens is 2. The zero-order valence-corrected chi connectivity index (χ0v) is 11.6. The van der Waals surface area contributed by atoms with Crippen LogP contribution in [-0.2, 0) is 9.53 Å². The Morgan fingerprint density at radius 2 is 2.26 bits per heavy atom. The van der Waals surface area contributed by atoms with Crippen LogP contribution >= 0.6 is 0 Å². The molecule has 2 heterocycles. The van der Waals surface area contributed by atoms with E-state index in [-0.39, 0.29) is 11.9 Å². The maximum absolute atomic E-state index is 12.5. The topological polar surface area (TPSA) is 82.2 Å². The van der Waals surface area contributed by atoms with E-state index < -0.39 is 5.41 Å². The number of nitrogens with zero attached hydrogens (tertiary/aromatic N) is 2. The first-order chi connectivity index (χ1) is 9.09. The van der Waals surface area contributed by atoms with E-state index in [2.05, 4.69) is 10.4 Å². The van der Waals surface area contributed by atoms with Gasteiger partial charge in [0.1, 0.15) is 5.82 Å². The summed E-state index contributed by atoms with van der Waals surface area (Å²) >= 11 is 0. The van der Waals surface area contributed by atoms with Gasteiger partial charge >= 0.3 is 0 Å². The van der Waals surface area contributed by atoms with Crippen LogP contribution in [0.2, 0.25) is 0 Å². The molecule has 6 nitrogen and oxygen atoms in total. The summed E-state index contributed by atoms with van der Waals surface area (Å²) in [6.07, 6.45) is 3.03. The van der Waals surface area contributed by atoms with Gasteiger partial charge in [-0.1, -0.05) is 0 Å². The van der Waals surface area contributed by atoms with Gasteiger partial charge in [0.05, 0.1) is 11.6 Å². The van der Waals surface area contributed by atoms with Gasteiger partial charge in [-0.25, -0.2) is 4.68 Å². The molecule has 0 saturated carbocycles. The summed E-state index contributed by atoms with van der Waals surface area (Å²) in [7, 11) is 0. The van der Waals surface area contributed by atoms with Gasteiger partial charge in [-0.05, 0) is 26.7 Å². The molecule has 0 aromatic carbocycles. The summed E-state index contributed by atoms with van der Waals surface area (Å²) in [5, 5.41) is 7.17. The van der Waals surface area contributed by atoms with Crippen molar-refractivity contribution in [1.29, 1.82) is 0 Å². The van der Waals surface area contributed by atoms with E-state index in [0.29, 0.717) is 32.6 Å². The molecule has 1 fully saturated rings. The SMILES string of the molecule is CC(C)n1nccc1NC(=O)C1(CN)CCOCC1. The summed E-state index contributed by atoms with van der Waals surface area (Å²) in [5.41, 5.74) is 5.32. The van der Waals surface area contributed by atoms with Crippen LogP contribution in [-0.4, -0.2) is 35.4 Å². The second kappa shape index (κ2) is 5.71. The van der Waals surface area contributed by atoms with Crippen molar-refractivity contribution < 1.29 is 9.53 Å². The maximum Gasteiger partial charge on any atom is 0.233 e. The molecular formula is C13H22N4O2. The highest BCUT2D eigenvalue weighted by Gasteiger charge is 2.39. The minimum absolute atomic E-state index is 0.0271. The van der Waals surface area contributed by atoms with E-state index in [0.717, 1.165) is 5.82 Å². The van der Waals surface area contributed by atoms with Crippen LogP contribution in [0.4, 0.5) is 5.82 Å². The molecule has 1 aromatic heterocycles. The Labute approximate surface area is 113 Å². The van der Waals surface area contributed by atoms with Crippen molar-refractivity contribution in [3.63, 3.8) is 0 Å². The fraction of sp³-hybridized carbons (Fsp3) is 0.692. The lowest BCUT2D eigenvalue weighted by molar-refractivity contribution is -0.130. The van der Waals surface area contributed by atoms with E-state index in [1.54, 1.807) is 16.9 Å². The summed E-state index contributed by atoms with van der Waals surface area (Å²) in [6.45, 7) is 5.58. The summed E-state index contributed by atoms with van der Waals surface area (Å²) < 4.78 is 7.11. The minimum Gasteiger partial charge on any atom is -0.381 e. The molecule has 19 heavy (non-hydrogen) atoms. The third-order valence-corrected chi connectivity index (χ3v) is 3.72. The first-order valence-electron chi connectivity index (χ1n) is 6.72. The van der Waals surface area contributed by atoms with Gasteiger partial charge in [-0.2, -0.15) is 5.10 Å². The van der Waals surface area contributed by atoms with Gasteiger partial charge in [0.2, 0.25) is 5.91 Å². The number of carbonyl (C=O) groups excluding carboxylic acids is 1. The number of nitrogens with two attached hydrogens (primary N) is 1. The highest BCUT2D eigenvalue weighted by molar-refractivity contribution is 5.95. The fourth-order valence-corrected chi connectivity index (χ4v) is 2.36. The van der Waals surface area contributed by atoms with Crippen molar-refractivity contribution in [2.24, 2.45) is 11.1 Å². The normalized spacial score (nSPS) is 18.5. The Balaban J connectivity index is 2.13. The lowest BCUT2D eigenvalue weighted by atomic mass is 9.79. The third-order valence-electron chi connectivity index (χ3n) is 3.72. The number of ether oxygens (including phenoxy) is 1. The van der Waals surface area contributed by atoms with Crippen LogP contribution in [0.15, 0.2) is 12.3 Å². The molecule has 3 N–H and O–H groups in total. The molecule has 1 aliphatic heterocycles. The number of rotatable bonds is 4. The number of nitrogens with one attached hydrogen (secondary N) is 1. The van der Waals surface area contributed by atoms with Crippen LogP contribution < -0.4 is 11.1 Å². The first kappa shape index (κ1) is 14.0. The average molecular weight is 266 g/mol. The minimum atomic E-state index is -0.510. The molecule has 0 spiro atoms. The van der Waals surface area contributed by atoms with Crippen molar-refractivity contribution in [3.05, 3.63) is 12.3 Å². The smallest absolute Gasteiger partial charge is 0.233 e. The highest BCUT2D eigenvalue weighted by atomic mass is 16.5. The number of amides is 1. The molecule has 1 aromatic rings. The van der Waals surface area contributed by atoms with E-state index in [1.807, 2.05) is 13.8 Å². The van der Waals surface area contributed by atoms with Crippen LogP contribution in [0.1, 0.15) is 32.7 Å². The van der Waals surface area contributed by atoms with Gasteiger partial charge in [-0.15, -0.1) is 0 Å². The molecule has 0 aliphatic carbocycles. The monoisotopic (exact) mass is 266 g/mol. The molecule has 1 saturated heterocycles. The quantitative estimate of drug-likeness (QED) is 0.856. The zero-order valence-electron chi connectivity index (χ0n) is 11.6. The molecule has 1 amide bonds. The predicted molar refractivity (Wildman–Crippen MR) is 72.8 cm³/mol. The van der Waals surface area contributed by atoms with E-state index in [4.69, 9.17) is 10.5 Å². The zero-order chi connectivity index (χ0) is 13.9. The van der Waals surface area contributed by atoms with Crippen molar-refractivity contribution in [2.75, 3.05) is 25.1 Å². The van der Waals surface area contributed by atoms with Crippen molar-refractivity contribution >= 4 is 11.7 Å². The molecule has 0 unspecified atom stereocenters. The van der Waals surface area contributed by atoms with Gasteiger partial charge in [0.15, 0.2) is 0 Å². The van der Waals surface area contributed by atoms with Crippen LogP contribution in [0.25, 0.3) is 0 Å². The maximum atomic E-state index is 12.5. The molecule has 0 radical (unpaired) electrons. The van der Waals surface area contributed by atoms with Crippen molar-refractivity contribution in [3.8, 4) is 0 Å². The second-order valence-corrected chi connectivity index (χ2v) is 5.31. The third kappa shape index (κ3) is 2.79. The molecule has 6 heteroatoms. The summed E-state index contributed by atoms with van der Waals surface area (Å²) in [6, 6.07) is 2.01. The largest absolute Gasteiger partial charge is 0.381 e. The average Bonchev–Trinajstić information content (AvgIpc) is 2.87. The number of hydrogen-bond donors (Lipinski definition) is 2. The number of anilines is 1. The Morgan fingerprint density at radius 3 is 2.84 bits per heavy atom. The van der Waals surface area contributed by atoms with E-state index in [9.17, 15) is 4.79 Å². The predicted octanol–water partition coefficient (Wildman–Crippen LogP) is 1.16. The second-order valence-electron chi connectivity index (χ2n) is 5.31. The fourth-order valence-electron chi connectivity index (χ4n) is 2.36. The number of hydrogen-bond acceptors (Lipinski definition) is 4. The molecule has 2 rings (SSSR count). The van der Waals surface area contributed by atoms with Crippen LogP contribution in [0.3, 0.4) is 0 Å². The molecular weight excluding hydrogens is 244 g/mol. The molecule has 1 aliphatic rings. The molecule has 0 atom stereocenters. The van der Waals surface area contributed by atoms with E-state index >= 15 is 0 Å². The van der Waals surface area contributed by atoms with Gasteiger partial charge in [0, 0.05) is 31.9 Å². The Bertz CT molecular complexity index is 436. The molecule has 0 bridgehead atoms. The highest BCUT2D eigenvalue weighted by Crippen LogP contribution is 2.31.